The van der Waals surface area contributed by atoms with Gasteiger partial charge in [0.1, 0.15) is 5.82 Å². The Hall–Kier alpha value is -1.96. The zero-order chi connectivity index (χ0) is 14.8. The number of nitrogens with one attached hydrogen (secondary N) is 1. The molecule has 8 nitrogen and oxygen atoms in total. The molecule has 1 N–H and O–H groups in total. The van der Waals surface area contributed by atoms with Crippen LogP contribution in [-0.2, 0) is 6.54 Å². The average Bonchev–Trinajstić information content (AvgIpc) is 3.09. The van der Waals surface area contributed by atoms with E-state index in [1.165, 1.54) is 0 Å². The SMILES string of the molecule is Cc1nc(N2CCN(Cc3nnc(C(C)C)o3)CC2)n[nH]1. The molecule has 0 radical (unpaired) electrons. The first-order chi connectivity index (χ1) is 10.1. The van der Waals surface area contributed by atoms with E-state index < -0.39 is 0 Å². The second kappa shape index (κ2) is 5.80. The minimum Gasteiger partial charge on any atom is -0.424 e. The van der Waals surface area contributed by atoms with E-state index in [1.54, 1.807) is 0 Å². The molecule has 0 aliphatic carbocycles. The number of H-pyrrole nitrogens is 1. The van der Waals surface area contributed by atoms with Crippen LogP contribution in [0.4, 0.5) is 5.95 Å². The van der Waals surface area contributed by atoms with E-state index in [1.807, 2.05) is 6.92 Å². The lowest BCUT2D eigenvalue weighted by Gasteiger charge is -2.33. The molecule has 1 saturated heterocycles. The van der Waals surface area contributed by atoms with Gasteiger partial charge < -0.3 is 9.32 Å². The Bertz CT molecular complexity index is 583. The number of piperazine rings is 1. The second-order valence-electron chi connectivity index (χ2n) is 5.67. The van der Waals surface area contributed by atoms with Gasteiger partial charge in [-0.15, -0.1) is 15.3 Å². The summed E-state index contributed by atoms with van der Waals surface area (Å²) < 4.78 is 5.66. The van der Waals surface area contributed by atoms with Crippen molar-refractivity contribution in [3.8, 4) is 0 Å². The van der Waals surface area contributed by atoms with E-state index in [0.717, 1.165) is 38.0 Å². The van der Waals surface area contributed by atoms with Gasteiger partial charge in [0.05, 0.1) is 6.54 Å². The molecule has 0 unspecified atom stereocenters. The highest BCUT2D eigenvalue weighted by atomic mass is 16.4. The topological polar surface area (TPSA) is 87.0 Å². The standard InChI is InChI=1S/C13H21N7O/c1-9(2)12-17-16-11(21-12)8-19-4-6-20(7-5-19)13-14-10(3)15-18-13/h9H,4-8H2,1-3H3,(H,14,15,18). The molecule has 0 bridgehead atoms. The van der Waals surface area contributed by atoms with Gasteiger partial charge in [-0.25, -0.2) is 0 Å². The number of hydrogen-bond acceptors (Lipinski definition) is 7. The zero-order valence-electron chi connectivity index (χ0n) is 12.7. The van der Waals surface area contributed by atoms with E-state index in [2.05, 4.69) is 49.0 Å². The lowest BCUT2D eigenvalue weighted by Crippen LogP contribution is -2.46. The molecule has 0 amide bonds. The van der Waals surface area contributed by atoms with Crippen molar-refractivity contribution in [2.24, 2.45) is 0 Å². The summed E-state index contributed by atoms with van der Waals surface area (Å²) >= 11 is 0. The fraction of sp³-hybridized carbons (Fsp3) is 0.692. The largest absolute Gasteiger partial charge is 0.424 e. The maximum absolute atomic E-state index is 5.66. The van der Waals surface area contributed by atoms with E-state index in [0.29, 0.717) is 18.3 Å². The maximum Gasteiger partial charge on any atom is 0.244 e. The lowest BCUT2D eigenvalue weighted by molar-refractivity contribution is 0.222. The van der Waals surface area contributed by atoms with Gasteiger partial charge in [-0.05, 0) is 6.92 Å². The molecule has 1 fully saturated rings. The van der Waals surface area contributed by atoms with Crippen molar-refractivity contribution in [2.45, 2.75) is 33.2 Å². The van der Waals surface area contributed by atoms with Crippen LogP contribution in [0.25, 0.3) is 0 Å². The highest BCUT2D eigenvalue weighted by molar-refractivity contribution is 5.29. The number of hydrogen-bond donors (Lipinski definition) is 1. The quantitative estimate of drug-likeness (QED) is 0.897. The monoisotopic (exact) mass is 291 g/mol. The molecule has 8 heteroatoms. The van der Waals surface area contributed by atoms with Crippen molar-refractivity contribution in [3.63, 3.8) is 0 Å². The Morgan fingerprint density at radius 2 is 1.95 bits per heavy atom. The van der Waals surface area contributed by atoms with E-state index in [4.69, 9.17) is 4.42 Å². The molecule has 0 aromatic carbocycles. The molecular formula is C13H21N7O. The minimum atomic E-state index is 0.275. The van der Waals surface area contributed by atoms with Crippen LogP contribution in [0.5, 0.6) is 0 Å². The molecule has 3 heterocycles. The van der Waals surface area contributed by atoms with Crippen LogP contribution in [0, 0.1) is 6.92 Å². The molecule has 0 atom stereocenters. The third-order valence-corrected chi connectivity index (χ3v) is 3.58. The first kappa shape index (κ1) is 14.0. The van der Waals surface area contributed by atoms with Crippen LogP contribution in [0.3, 0.4) is 0 Å². The highest BCUT2D eigenvalue weighted by Gasteiger charge is 2.21. The van der Waals surface area contributed by atoms with Crippen LogP contribution in [-0.4, -0.2) is 56.5 Å². The average molecular weight is 291 g/mol. The van der Waals surface area contributed by atoms with E-state index >= 15 is 0 Å². The minimum absolute atomic E-state index is 0.275. The van der Waals surface area contributed by atoms with Gasteiger partial charge in [0.25, 0.3) is 0 Å². The highest BCUT2D eigenvalue weighted by Crippen LogP contribution is 2.15. The number of aromatic nitrogens is 5. The van der Waals surface area contributed by atoms with E-state index in [9.17, 15) is 0 Å². The number of aromatic amines is 1. The predicted molar refractivity (Wildman–Crippen MR) is 77.0 cm³/mol. The molecular weight excluding hydrogens is 270 g/mol. The summed E-state index contributed by atoms with van der Waals surface area (Å²) in [4.78, 5) is 8.87. The molecule has 0 spiro atoms. The predicted octanol–water partition coefficient (Wildman–Crippen LogP) is 0.942. The smallest absolute Gasteiger partial charge is 0.244 e. The van der Waals surface area contributed by atoms with Crippen molar-refractivity contribution in [1.29, 1.82) is 0 Å². The Morgan fingerprint density at radius 1 is 1.19 bits per heavy atom. The fourth-order valence-electron chi connectivity index (χ4n) is 2.33. The second-order valence-corrected chi connectivity index (χ2v) is 5.67. The molecule has 2 aromatic rings. The van der Waals surface area contributed by atoms with Crippen molar-refractivity contribution >= 4 is 5.95 Å². The summed E-state index contributed by atoms with van der Waals surface area (Å²) in [5.41, 5.74) is 0. The van der Waals surface area contributed by atoms with Crippen molar-refractivity contribution < 1.29 is 4.42 Å². The van der Waals surface area contributed by atoms with Gasteiger partial charge in [-0.2, -0.15) is 4.98 Å². The van der Waals surface area contributed by atoms with Crippen molar-refractivity contribution in [1.82, 2.24) is 30.3 Å². The van der Waals surface area contributed by atoms with Crippen LogP contribution in [0.2, 0.25) is 0 Å². The Balaban J connectivity index is 1.53. The maximum atomic E-state index is 5.66. The van der Waals surface area contributed by atoms with Crippen LogP contribution >= 0.6 is 0 Å². The summed E-state index contributed by atoms with van der Waals surface area (Å²) in [6.45, 7) is 10.4. The first-order valence-electron chi connectivity index (χ1n) is 7.30. The van der Waals surface area contributed by atoms with Gasteiger partial charge in [0.2, 0.25) is 17.7 Å². The van der Waals surface area contributed by atoms with Gasteiger partial charge in [-0.1, -0.05) is 13.8 Å². The summed E-state index contributed by atoms with van der Waals surface area (Å²) in [5, 5.41) is 15.3. The number of rotatable bonds is 4. The normalized spacial score (nSPS) is 16.9. The molecule has 21 heavy (non-hydrogen) atoms. The molecule has 0 saturated carbocycles. The van der Waals surface area contributed by atoms with Crippen molar-refractivity contribution in [2.75, 3.05) is 31.1 Å². The van der Waals surface area contributed by atoms with Gasteiger partial charge >= 0.3 is 0 Å². The number of anilines is 1. The third-order valence-electron chi connectivity index (χ3n) is 3.58. The van der Waals surface area contributed by atoms with Gasteiger partial charge in [-0.3, -0.25) is 10.00 Å². The summed E-state index contributed by atoms with van der Waals surface area (Å²) in [7, 11) is 0. The molecule has 1 aliphatic rings. The molecule has 2 aromatic heterocycles. The van der Waals surface area contributed by atoms with Crippen LogP contribution in [0.15, 0.2) is 4.42 Å². The molecule has 3 rings (SSSR count). The Kier molecular flexibility index (Phi) is 3.87. The zero-order valence-corrected chi connectivity index (χ0v) is 12.7. The Morgan fingerprint density at radius 3 is 2.52 bits per heavy atom. The number of nitrogens with zero attached hydrogens (tertiary/aromatic N) is 6. The third kappa shape index (κ3) is 3.21. The fourth-order valence-corrected chi connectivity index (χ4v) is 2.33. The first-order valence-corrected chi connectivity index (χ1v) is 7.30. The summed E-state index contributed by atoms with van der Waals surface area (Å²) in [5.74, 6) is 3.31. The van der Waals surface area contributed by atoms with Gasteiger partial charge in [0, 0.05) is 32.1 Å². The van der Waals surface area contributed by atoms with E-state index in [-0.39, 0.29) is 5.92 Å². The summed E-state index contributed by atoms with van der Waals surface area (Å²) in [6.07, 6.45) is 0. The molecule has 1 aliphatic heterocycles. The van der Waals surface area contributed by atoms with Crippen LogP contribution in [0.1, 0.15) is 37.4 Å². The van der Waals surface area contributed by atoms with Gasteiger partial charge in [0.15, 0.2) is 0 Å². The summed E-state index contributed by atoms with van der Waals surface area (Å²) in [6, 6.07) is 0. The number of aryl methyl sites for hydroxylation is 1. The lowest BCUT2D eigenvalue weighted by atomic mass is 10.2. The Labute approximate surface area is 123 Å². The molecule has 114 valence electrons. The van der Waals surface area contributed by atoms with Crippen LogP contribution < -0.4 is 4.90 Å². The van der Waals surface area contributed by atoms with Crippen molar-refractivity contribution in [3.05, 3.63) is 17.6 Å².